The van der Waals surface area contributed by atoms with Gasteiger partial charge in [0.1, 0.15) is 16.3 Å². The van der Waals surface area contributed by atoms with Crippen molar-refractivity contribution in [3.8, 4) is 11.5 Å². The van der Waals surface area contributed by atoms with Gasteiger partial charge in [0.2, 0.25) is 0 Å². The van der Waals surface area contributed by atoms with E-state index in [2.05, 4.69) is 9.97 Å². The molecule has 0 saturated carbocycles. The maximum Gasteiger partial charge on any atom is 0.181 e. The second-order valence-corrected chi connectivity index (χ2v) is 6.83. The Balaban J connectivity index is 1.88. The van der Waals surface area contributed by atoms with E-state index in [4.69, 9.17) is 10.7 Å². The van der Waals surface area contributed by atoms with Crippen molar-refractivity contribution in [1.29, 1.82) is 0 Å². The number of hydrogen-bond donors (Lipinski definition) is 1. The number of pyridine rings is 1. The number of nitrogen functional groups attached to an aromatic ring is 1. The molecule has 0 unspecified atom stereocenters. The average molecular weight is 310 g/mol. The summed E-state index contributed by atoms with van der Waals surface area (Å²) in [6.45, 7) is 0. The van der Waals surface area contributed by atoms with Gasteiger partial charge in [-0.15, -0.1) is 11.3 Å². The van der Waals surface area contributed by atoms with Gasteiger partial charge in [-0.05, 0) is 43.4 Å². The number of hydrogen-bond acceptors (Lipinski definition) is 5. The van der Waals surface area contributed by atoms with Crippen LogP contribution in [0.25, 0.3) is 21.7 Å². The van der Waals surface area contributed by atoms with Gasteiger partial charge in [-0.2, -0.15) is 0 Å². The minimum Gasteiger partial charge on any atom is -0.383 e. The molecule has 0 amide bonds. The fourth-order valence-corrected chi connectivity index (χ4v) is 4.42. The topological polar surface area (TPSA) is 64.7 Å². The minimum atomic E-state index is 0.601. The van der Waals surface area contributed by atoms with E-state index in [0.717, 1.165) is 28.8 Å². The van der Waals surface area contributed by atoms with Crippen molar-refractivity contribution >= 4 is 27.4 Å². The van der Waals surface area contributed by atoms with Crippen LogP contribution in [0.15, 0.2) is 24.4 Å². The average Bonchev–Trinajstić information content (AvgIpc) is 2.85. The minimum absolute atomic E-state index is 0.601. The van der Waals surface area contributed by atoms with Crippen LogP contribution >= 0.6 is 11.3 Å². The summed E-state index contributed by atoms with van der Waals surface area (Å²) >= 11 is 1.79. The summed E-state index contributed by atoms with van der Waals surface area (Å²) < 4.78 is 0. The Morgan fingerprint density at radius 2 is 1.86 bits per heavy atom. The first-order valence-electron chi connectivity index (χ1n) is 7.82. The van der Waals surface area contributed by atoms with E-state index in [1.54, 1.807) is 17.5 Å². The molecular formula is C17H18N4S. The maximum atomic E-state index is 6.28. The number of nitrogens with zero attached hydrogens (tertiary/aromatic N) is 3. The zero-order chi connectivity index (χ0) is 14.9. The van der Waals surface area contributed by atoms with Crippen LogP contribution < -0.4 is 5.73 Å². The number of thiophene rings is 1. The predicted molar refractivity (Wildman–Crippen MR) is 90.9 cm³/mol. The SMILES string of the molecule is Nc1nc(-c2ccccn2)nc2sc3c(c12)CCCCCC3. The zero-order valence-electron chi connectivity index (χ0n) is 12.4. The number of aromatic nitrogens is 3. The first-order chi connectivity index (χ1) is 10.8. The molecule has 0 atom stereocenters. The Hall–Kier alpha value is -2.01. The molecule has 3 aromatic rings. The molecule has 0 aliphatic heterocycles. The lowest BCUT2D eigenvalue weighted by molar-refractivity contribution is 0.624. The molecule has 0 aromatic carbocycles. The van der Waals surface area contributed by atoms with Crippen LogP contribution in [0.3, 0.4) is 0 Å². The Labute approximate surface area is 133 Å². The van der Waals surface area contributed by atoms with E-state index in [1.807, 2.05) is 18.2 Å². The van der Waals surface area contributed by atoms with E-state index >= 15 is 0 Å². The molecule has 2 N–H and O–H groups in total. The first-order valence-corrected chi connectivity index (χ1v) is 8.64. The standard InChI is InChI=1S/C17H18N4S/c18-15-14-11-7-3-1-2-4-9-13(11)22-17(14)21-16(20-15)12-8-5-6-10-19-12/h5-6,8,10H,1-4,7,9H2,(H2,18,20,21). The lowest BCUT2D eigenvalue weighted by atomic mass is 9.98. The van der Waals surface area contributed by atoms with Gasteiger partial charge in [0, 0.05) is 11.1 Å². The van der Waals surface area contributed by atoms with Crippen molar-refractivity contribution in [1.82, 2.24) is 15.0 Å². The summed E-state index contributed by atoms with van der Waals surface area (Å²) in [4.78, 5) is 16.1. The summed E-state index contributed by atoms with van der Waals surface area (Å²) in [6, 6.07) is 5.76. The largest absolute Gasteiger partial charge is 0.383 e. The number of rotatable bonds is 1. The second-order valence-electron chi connectivity index (χ2n) is 5.75. The highest BCUT2D eigenvalue weighted by Crippen LogP contribution is 2.37. The molecule has 0 fully saturated rings. The fraction of sp³-hybridized carbons (Fsp3) is 0.353. The molecule has 0 saturated heterocycles. The highest BCUT2D eigenvalue weighted by molar-refractivity contribution is 7.19. The Kier molecular flexibility index (Phi) is 3.50. The third-order valence-electron chi connectivity index (χ3n) is 4.24. The fourth-order valence-electron chi connectivity index (χ4n) is 3.15. The van der Waals surface area contributed by atoms with Crippen LogP contribution in [-0.4, -0.2) is 15.0 Å². The van der Waals surface area contributed by atoms with Gasteiger partial charge in [0.25, 0.3) is 0 Å². The molecule has 0 spiro atoms. The van der Waals surface area contributed by atoms with E-state index in [9.17, 15) is 0 Å². The van der Waals surface area contributed by atoms with Crippen molar-refractivity contribution in [2.24, 2.45) is 0 Å². The summed E-state index contributed by atoms with van der Waals surface area (Å²) in [7, 11) is 0. The molecule has 3 aromatic heterocycles. The molecule has 4 rings (SSSR count). The van der Waals surface area contributed by atoms with Crippen molar-refractivity contribution in [3.63, 3.8) is 0 Å². The highest BCUT2D eigenvalue weighted by atomic mass is 32.1. The molecule has 112 valence electrons. The van der Waals surface area contributed by atoms with E-state index in [0.29, 0.717) is 11.6 Å². The number of nitrogens with two attached hydrogens (primary N) is 1. The second kappa shape index (κ2) is 5.65. The Morgan fingerprint density at radius 1 is 1.00 bits per heavy atom. The molecule has 0 radical (unpaired) electrons. The monoisotopic (exact) mass is 310 g/mol. The molecule has 4 nitrogen and oxygen atoms in total. The van der Waals surface area contributed by atoms with Gasteiger partial charge in [-0.25, -0.2) is 9.97 Å². The highest BCUT2D eigenvalue weighted by Gasteiger charge is 2.19. The Bertz CT molecular complexity index is 810. The van der Waals surface area contributed by atoms with Crippen molar-refractivity contribution < 1.29 is 0 Å². The molecule has 3 heterocycles. The maximum absolute atomic E-state index is 6.28. The van der Waals surface area contributed by atoms with Gasteiger partial charge in [0.05, 0.1) is 5.39 Å². The number of aryl methyl sites for hydroxylation is 2. The lowest BCUT2D eigenvalue weighted by Crippen LogP contribution is -2.00. The lowest BCUT2D eigenvalue weighted by Gasteiger charge is -2.09. The van der Waals surface area contributed by atoms with Crippen molar-refractivity contribution in [2.45, 2.75) is 38.5 Å². The third-order valence-corrected chi connectivity index (χ3v) is 5.42. The van der Waals surface area contributed by atoms with Crippen LogP contribution in [0.1, 0.15) is 36.1 Å². The zero-order valence-corrected chi connectivity index (χ0v) is 13.2. The third kappa shape index (κ3) is 2.35. The predicted octanol–water partition coefficient (Wildman–Crippen LogP) is 3.99. The van der Waals surface area contributed by atoms with Crippen LogP contribution in [0.2, 0.25) is 0 Å². The van der Waals surface area contributed by atoms with Crippen LogP contribution in [0, 0.1) is 0 Å². The van der Waals surface area contributed by atoms with Crippen molar-refractivity contribution in [3.05, 3.63) is 34.8 Å². The van der Waals surface area contributed by atoms with Gasteiger partial charge >= 0.3 is 0 Å². The van der Waals surface area contributed by atoms with Gasteiger partial charge < -0.3 is 5.73 Å². The molecule has 5 heteroatoms. The van der Waals surface area contributed by atoms with Gasteiger partial charge in [0.15, 0.2) is 5.82 Å². The van der Waals surface area contributed by atoms with E-state index in [-0.39, 0.29) is 0 Å². The first kappa shape index (κ1) is 13.6. The summed E-state index contributed by atoms with van der Waals surface area (Å²) in [5.74, 6) is 1.23. The van der Waals surface area contributed by atoms with Crippen LogP contribution in [-0.2, 0) is 12.8 Å². The smallest absolute Gasteiger partial charge is 0.181 e. The van der Waals surface area contributed by atoms with Gasteiger partial charge in [-0.1, -0.05) is 18.9 Å². The summed E-state index contributed by atoms with van der Waals surface area (Å²) in [5, 5.41) is 1.08. The van der Waals surface area contributed by atoms with Gasteiger partial charge in [-0.3, -0.25) is 4.98 Å². The Morgan fingerprint density at radius 3 is 2.68 bits per heavy atom. The summed E-state index contributed by atoms with van der Waals surface area (Å²) in [6.07, 6.45) is 9.14. The van der Waals surface area contributed by atoms with E-state index < -0.39 is 0 Å². The molecular weight excluding hydrogens is 292 g/mol. The normalized spacial score (nSPS) is 15.3. The van der Waals surface area contributed by atoms with Crippen LogP contribution in [0.4, 0.5) is 5.82 Å². The quantitative estimate of drug-likeness (QED) is 0.738. The molecule has 22 heavy (non-hydrogen) atoms. The number of anilines is 1. The van der Waals surface area contributed by atoms with Crippen molar-refractivity contribution in [2.75, 3.05) is 5.73 Å². The summed E-state index contributed by atoms with van der Waals surface area (Å²) in [5.41, 5.74) is 8.45. The number of fused-ring (bicyclic) bond motifs is 3. The molecule has 1 aliphatic carbocycles. The molecule has 1 aliphatic rings. The van der Waals surface area contributed by atoms with Crippen LogP contribution in [0.5, 0.6) is 0 Å². The van der Waals surface area contributed by atoms with E-state index in [1.165, 1.54) is 36.1 Å². The molecule has 0 bridgehead atoms.